The normalized spacial score (nSPS) is 42.8. The number of allylic oxidation sites excluding steroid dienone is 3. The number of alkyl halides is 2. The second-order valence-corrected chi connectivity index (χ2v) is 10.7. The molecule has 7 atom stereocenters. The molecule has 1 saturated carbocycles. The van der Waals surface area contributed by atoms with Gasteiger partial charge in [-0.25, -0.2) is 0 Å². The Morgan fingerprint density at radius 2 is 1.97 bits per heavy atom. The first-order chi connectivity index (χ1) is 14.2. The quantitative estimate of drug-likeness (QED) is 0.272. The lowest BCUT2D eigenvalue weighted by molar-refractivity contribution is -0.238. The minimum absolute atomic E-state index is 0.00146. The number of ether oxygens (including phenoxy) is 3. The van der Waals surface area contributed by atoms with Gasteiger partial charge in [0, 0.05) is 11.8 Å². The summed E-state index contributed by atoms with van der Waals surface area (Å²) >= 11 is 13.0. The topological polar surface area (TPSA) is 31.0 Å². The van der Waals surface area contributed by atoms with E-state index >= 15 is 0 Å². The van der Waals surface area contributed by atoms with Gasteiger partial charge < -0.3 is 14.2 Å². The molecular weight excluding hydrogens is 419 g/mol. The van der Waals surface area contributed by atoms with Gasteiger partial charge in [-0.05, 0) is 78.0 Å². The average Bonchev–Trinajstić information content (AvgIpc) is 3.35. The number of epoxide rings is 1. The smallest absolute Gasteiger partial charge is 0.209 e. The van der Waals surface area contributed by atoms with Gasteiger partial charge in [-0.2, -0.15) is 0 Å². The molecule has 4 rings (SSSR count). The third-order valence-corrected chi connectivity index (χ3v) is 7.79. The zero-order chi connectivity index (χ0) is 21.7. The SMILES string of the molecule is CC(C)=CCC/C(C)=C/[C@@H]1CC(C)=C[C@]2(C=C(CCl)[C@H]3C[C@@H](Cl)[C@@]4(C)O[C@H]4[C@H]3O2)O1. The van der Waals surface area contributed by atoms with Crippen molar-refractivity contribution in [2.24, 2.45) is 5.92 Å². The molecule has 0 aromatic carbocycles. The summed E-state index contributed by atoms with van der Waals surface area (Å²) in [6.45, 7) is 10.7. The van der Waals surface area contributed by atoms with E-state index in [-0.39, 0.29) is 35.2 Å². The van der Waals surface area contributed by atoms with Crippen LogP contribution in [0.4, 0.5) is 0 Å². The average molecular weight is 453 g/mol. The van der Waals surface area contributed by atoms with Crippen LogP contribution in [0.1, 0.15) is 60.3 Å². The summed E-state index contributed by atoms with van der Waals surface area (Å²) in [6, 6.07) is 0. The van der Waals surface area contributed by atoms with Crippen LogP contribution in [-0.4, -0.2) is 41.0 Å². The van der Waals surface area contributed by atoms with Crippen LogP contribution in [0.2, 0.25) is 0 Å². The van der Waals surface area contributed by atoms with E-state index in [0.717, 1.165) is 31.3 Å². The molecule has 0 radical (unpaired) electrons. The molecule has 0 unspecified atom stereocenters. The van der Waals surface area contributed by atoms with Crippen molar-refractivity contribution in [1.82, 2.24) is 0 Å². The highest BCUT2D eigenvalue weighted by Crippen LogP contribution is 2.57. The molecule has 2 fully saturated rings. The number of hydrogen-bond donors (Lipinski definition) is 0. The maximum Gasteiger partial charge on any atom is 0.209 e. The molecule has 166 valence electrons. The van der Waals surface area contributed by atoms with Crippen molar-refractivity contribution in [1.29, 1.82) is 0 Å². The monoisotopic (exact) mass is 452 g/mol. The zero-order valence-corrected chi connectivity index (χ0v) is 20.2. The van der Waals surface area contributed by atoms with Crippen molar-refractivity contribution in [2.45, 2.75) is 95.4 Å². The molecule has 3 heterocycles. The maximum atomic E-state index is 6.66. The van der Waals surface area contributed by atoms with Crippen molar-refractivity contribution >= 4 is 23.2 Å². The van der Waals surface area contributed by atoms with Crippen LogP contribution in [0, 0.1) is 5.92 Å². The molecule has 1 saturated heterocycles. The van der Waals surface area contributed by atoms with Crippen molar-refractivity contribution in [3.8, 4) is 0 Å². The van der Waals surface area contributed by atoms with Crippen molar-refractivity contribution < 1.29 is 14.2 Å². The van der Waals surface area contributed by atoms with Crippen molar-refractivity contribution in [2.75, 3.05) is 5.88 Å². The van der Waals surface area contributed by atoms with E-state index < -0.39 is 5.79 Å². The molecule has 0 amide bonds. The molecule has 1 spiro atoms. The van der Waals surface area contributed by atoms with Gasteiger partial charge in [0.1, 0.15) is 11.7 Å². The van der Waals surface area contributed by atoms with E-state index in [1.54, 1.807) is 0 Å². The molecule has 0 N–H and O–H groups in total. The number of hydrogen-bond acceptors (Lipinski definition) is 3. The summed E-state index contributed by atoms with van der Waals surface area (Å²) in [5.41, 5.74) is 4.84. The van der Waals surface area contributed by atoms with Crippen LogP contribution in [0.25, 0.3) is 0 Å². The first-order valence-electron chi connectivity index (χ1n) is 11.1. The lowest BCUT2D eigenvalue weighted by Crippen LogP contribution is -2.54. The van der Waals surface area contributed by atoms with E-state index in [0.29, 0.717) is 5.88 Å². The van der Waals surface area contributed by atoms with Gasteiger partial charge in [0.05, 0.1) is 17.6 Å². The standard InChI is InChI=1S/C25H34Cl2O3/c1-15(2)7-6-8-16(3)9-19-10-17(4)12-25(28-19)13-18(14-26)20-11-21(27)24(5)23(30-24)22(20)29-25/h7,9,12-13,19-23H,6,8,10-11,14H2,1-5H3/b16-9+/t19-,20-,21-,22+,23+,24-,25+/m1/s1. The van der Waals surface area contributed by atoms with Gasteiger partial charge in [0.15, 0.2) is 0 Å². The highest BCUT2D eigenvalue weighted by molar-refractivity contribution is 6.22. The minimum atomic E-state index is -0.874. The molecule has 1 aliphatic carbocycles. The zero-order valence-electron chi connectivity index (χ0n) is 18.7. The second kappa shape index (κ2) is 8.41. The molecule has 0 aromatic rings. The Morgan fingerprint density at radius 1 is 1.20 bits per heavy atom. The molecule has 3 nitrogen and oxygen atoms in total. The number of fused-ring (bicyclic) bond motifs is 3. The van der Waals surface area contributed by atoms with E-state index in [1.807, 2.05) is 0 Å². The fourth-order valence-corrected chi connectivity index (χ4v) is 5.84. The van der Waals surface area contributed by atoms with Gasteiger partial charge in [0.25, 0.3) is 0 Å². The fourth-order valence-electron chi connectivity index (χ4n) is 5.19. The van der Waals surface area contributed by atoms with Crippen LogP contribution >= 0.6 is 23.2 Å². The lowest BCUT2D eigenvalue weighted by Gasteiger charge is -2.47. The Balaban J connectivity index is 1.56. The fraction of sp³-hybridized carbons (Fsp3) is 0.680. The molecule has 5 heteroatoms. The van der Waals surface area contributed by atoms with Crippen LogP contribution in [0.3, 0.4) is 0 Å². The van der Waals surface area contributed by atoms with Crippen LogP contribution in [0.5, 0.6) is 0 Å². The highest BCUT2D eigenvalue weighted by atomic mass is 35.5. The van der Waals surface area contributed by atoms with Crippen LogP contribution < -0.4 is 0 Å². The van der Waals surface area contributed by atoms with E-state index in [9.17, 15) is 0 Å². The van der Waals surface area contributed by atoms with Gasteiger partial charge in [-0.3, -0.25) is 0 Å². The highest BCUT2D eigenvalue weighted by Gasteiger charge is 2.68. The third kappa shape index (κ3) is 4.34. The molecule has 0 aromatic heterocycles. The Hall–Kier alpha value is -0.580. The molecule has 3 aliphatic heterocycles. The minimum Gasteiger partial charge on any atom is -0.362 e. The molecular formula is C25H34Cl2O3. The van der Waals surface area contributed by atoms with E-state index in [1.165, 1.54) is 16.7 Å². The van der Waals surface area contributed by atoms with Crippen LogP contribution in [0.15, 0.2) is 46.6 Å². The van der Waals surface area contributed by atoms with Crippen molar-refractivity contribution in [3.05, 3.63) is 46.6 Å². The van der Waals surface area contributed by atoms with Crippen molar-refractivity contribution in [3.63, 3.8) is 0 Å². The van der Waals surface area contributed by atoms with Gasteiger partial charge in [0.2, 0.25) is 5.79 Å². The first kappa shape index (κ1) is 22.6. The summed E-state index contributed by atoms with van der Waals surface area (Å²) in [7, 11) is 0. The predicted molar refractivity (Wildman–Crippen MR) is 123 cm³/mol. The second-order valence-electron chi connectivity index (χ2n) is 9.87. The third-order valence-electron chi connectivity index (χ3n) is 6.87. The largest absolute Gasteiger partial charge is 0.362 e. The van der Waals surface area contributed by atoms with Crippen LogP contribution in [-0.2, 0) is 14.2 Å². The Morgan fingerprint density at radius 3 is 2.67 bits per heavy atom. The summed E-state index contributed by atoms with van der Waals surface area (Å²) in [4.78, 5) is 0. The van der Waals surface area contributed by atoms with E-state index in [2.05, 4.69) is 58.9 Å². The summed E-state index contributed by atoms with van der Waals surface area (Å²) in [6.07, 6.45) is 12.5. The predicted octanol–water partition coefficient (Wildman–Crippen LogP) is 6.46. The summed E-state index contributed by atoms with van der Waals surface area (Å²) in [5, 5.41) is -0.0169. The summed E-state index contributed by atoms with van der Waals surface area (Å²) < 4.78 is 19.3. The Bertz CT molecular complexity index is 809. The van der Waals surface area contributed by atoms with Gasteiger partial charge in [-0.15, -0.1) is 23.2 Å². The van der Waals surface area contributed by atoms with Gasteiger partial charge in [-0.1, -0.05) is 28.9 Å². The maximum absolute atomic E-state index is 6.66. The molecule has 0 bridgehead atoms. The van der Waals surface area contributed by atoms with Gasteiger partial charge >= 0.3 is 0 Å². The Labute approximate surface area is 191 Å². The Kier molecular flexibility index (Phi) is 6.33. The van der Waals surface area contributed by atoms with E-state index in [4.69, 9.17) is 37.4 Å². The molecule has 4 aliphatic rings. The first-order valence-corrected chi connectivity index (χ1v) is 12.1. The number of halogens is 2. The number of rotatable bonds is 5. The molecule has 30 heavy (non-hydrogen) atoms. The summed E-state index contributed by atoms with van der Waals surface area (Å²) in [5.74, 6) is -0.228. The lowest BCUT2D eigenvalue weighted by atomic mass is 9.74.